The van der Waals surface area contributed by atoms with Crippen LogP contribution in [-0.2, 0) is 0 Å². The van der Waals surface area contributed by atoms with Crippen molar-refractivity contribution in [3.8, 4) is 5.75 Å². The van der Waals surface area contributed by atoms with Crippen LogP contribution in [0.15, 0.2) is 18.2 Å². The first-order valence-electron chi connectivity index (χ1n) is 6.30. The molecule has 2 atom stereocenters. The summed E-state index contributed by atoms with van der Waals surface area (Å²) in [5, 5.41) is 9.97. The summed E-state index contributed by atoms with van der Waals surface area (Å²) in [4.78, 5) is 0. The van der Waals surface area contributed by atoms with Crippen LogP contribution >= 0.6 is 11.6 Å². The third kappa shape index (κ3) is 3.87. The standard InChI is InChI=1S/C14H22ClNO2/c1-3-11(6-10(8-16)9-17)13-7-12(15)4-5-14(13)18-2/h4-5,7,10-11,17H,3,6,8-9,16H2,1-2H3. The maximum Gasteiger partial charge on any atom is 0.122 e. The van der Waals surface area contributed by atoms with Crippen molar-refractivity contribution in [2.75, 3.05) is 20.3 Å². The van der Waals surface area contributed by atoms with Gasteiger partial charge in [-0.3, -0.25) is 0 Å². The molecule has 2 unspecified atom stereocenters. The first-order valence-corrected chi connectivity index (χ1v) is 6.68. The average molecular weight is 272 g/mol. The van der Waals surface area contributed by atoms with E-state index in [0.717, 1.165) is 24.2 Å². The molecule has 0 amide bonds. The van der Waals surface area contributed by atoms with E-state index >= 15 is 0 Å². The lowest BCUT2D eigenvalue weighted by atomic mass is 9.86. The van der Waals surface area contributed by atoms with Crippen molar-refractivity contribution in [2.45, 2.75) is 25.7 Å². The highest BCUT2D eigenvalue weighted by molar-refractivity contribution is 6.30. The number of aliphatic hydroxyl groups excluding tert-OH is 1. The van der Waals surface area contributed by atoms with Gasteiger partial charge in [-0.2, -0.15) is 0 Å². The van der Waals surface area contributed by atoms with Gasteiger partial charge >= 0.3 is 0 Å². The molecule has 4 heteroatoms. The van der Waals surface area contributed by atoms with Gasteiger partial charge in [0, 0.05) is 11.6 Å². The second-order valence-electron chi connectivity index (χ2n) is 4.51. The van der Waals surface area contributed by atoms with Crippen LogP contribution in [0.5, 0.6) is 5.75 Å². The highest BCUT2D eigenvalue weighted by Gasteiger charge is 2.19. The topological polar surface area (TPSA) is 55.5 Å². The van der Waals surface area contributed by atoms with Gasteiger partial charge in [0.05, 0.1) is 7.11 Å². The number of rotatable bonds is 7. The molecular formula is C14H22ClNO2. The van der Waals surface area contributed by atoms with Crippen LogP contribution in [0.1, 0.15) is 31.2 Å². The van der Waals surface area contributed by atoms with Gasteiger partial charge in [0.2, 0.25) is 0 Å². The Kier molecular flexibility index (Phi) is 6.47. The fourth-order valence-corrected chi connectivity index (χ4v) is 2.37. The van der Waals surface area contributed by atoms with Crippen molar-refractivity contribution in [3.63, 3.8) is 0 Å². The minimum absolute atomic E-state index is 0.121. The fourth-order valence-electron chi connectivity index (χ4n) is 2.19. The Balaban J connectivity index is 2.96. The Morgan fingerprint density at radius 3 is 2.67 bits per heavy atom. The molecule has 0 aromatic heterocycles. The molecule has 0 bridgehead atoms. The Labute approximate surface area is 114 Å². The van der Waals surface area contributed by atoms with Gasteiger partial charge in [-0.05, 0) is 55.0 Å². The number of halogens is 1. The highest BCUT2D eigenvalue weighted by atomic mass is 35.5. The molecule has 1 rings (SSSR count). The Morgan fingerprint density at radius 1 is 1.44 bits per heavy atom. The van der Waals surface area contributed by atoms with Crippen LogP contribution in [-0.4, -0.2) is 25.4 Å². The highest BCUT2D eigenvalue weighted by Crippen LogP contribution is 2.35. The molecule has 0 spiro atoms. The minimum Gasteiger partial charge on any atom is -0.496 e. The number of nitrogens with two attached hydrogens (primary N) is 1. The SMILES string of the molecule is CCC(CC(CN)CO)c1cc(Cl)ccc1OC. The summed E-state index contributed by atoms with van der Waals surface area (Å²) in [6.07, 6.45) is 1.81. The van der Waals surface area contributed by atoms with E-state index in [-0.39, 0.29) is 12.5 Å². The van der Waals surface area contributed by atoms with Gasteiger partial charge in [0.15, 0.2) is 0 Å². The zero-order valence-corrected chi connectivity index (χ0v) is 11.8. The lowest BCUT2D eigenvalue weighted by Crippen LogP contribution is -2.20. The van der Waals surface area contributed by atoms with Crippen LogP contribution in [0.2, 0.25) is 5.02 Å². The number of ether oxygens (including phenoxy) is 1. The molecule has 0 aliphatic rings. The number of methoxy groups -OCH3 is 1. The minimum atomic E-state index is 0.121. The van der Waals surface area contributed by atoms with Gasteiger partial charge in [-0.15, -0.1) is 0 Å². The maximum absolute atomic E-state index is 9.26. The maximum atomic E-state index is 9.26. The van der Waals surface area contributed by atoms with Crippen molar-refractivity contribution in [3.05, 3.63) is 28.8 Å². The van der Waals surface area contributed by atoms with E-state index in [0.29, 0.717) is 17.5 Å². The van der Waals surface area contributed by atoms with Crippen LogP contribution < -0.4 is 10.5 Å². The van der Waals surface area contributed by atoms with Crippen LogP contribution in [0.4, 0.5) is 0 Å². The summed E-state index contributed by atoms with van der Waals surface area (Å²) in [5.74, 6) is 1.28. The molecule has 3 nitrogen and oxygen atoms in total. The Hall–Kier alpha value is -0.770. The normalized spacial score (nSPS) is 14.3. The smallest absolute Gasteiger partial charge is 0.122 e. The van der Waals surface area contributed by atoms with Gasteiger partial charge in [-0.1, -0.05) is 18.5 Å². The van der Waals surface area contributed by atoms with Crippen molar-refractivity contribution in [1.29, 1.82) is 0 Å². The molecule has 1 aromatic carbocycles. The molecule has 0 radical (unpaired) electrons. The predicted molar refractivity (Wildman–Crippen MR) is 75.3 cm³/mol. The summed E-state index contributed by atoms with van der Waals surface area (Å²) < 4.78 is 5.38. The van der Waals surface area contributed by atoms with E-state index in [4.69, 9.17) is 22.1 Å². The molecule has 0 saturated heterocycles. The number of hydrogen-bond acceptors (Lipinski definition) is 3. The van der Waals surface area contributed by atoms with Crippen molar-refractivity contribution in [2.24, 2.45) is 11.7 Å². The third-order valence-corrected chi connectivity index (χ3v) is 3.57. The quantitative estimate of drug-likeness (QED) is 0.802. The third-order valence-electron chi connectivity index (χ3n) is 3.33. The number of hydrogen-bond donors (Lipinski definition) is 2. The molecule has 0 aliphatic carbocycles. The molecule has 3 N–H and O–H groups in total. The first kappa shape index (κ1) is 15.3. The van der Waals surface area contributed by atoms with Gasteiger partial charge < -0.3 is 15.6 Å². The van der Waals surface area contributed by atoms with Crippen molar-refractivity contribution >= 4 is 11.6 Å². The second-order valence-corrected chi connectivity index (χ2v) is 4.95. The van der Waals surface area contributed by atoms with Gasteiger partial charge in [0.25, 0.3) is 0 Å². The van der Waals surface area contributed by atoms with Crippen molar-refractivity contribution in [1.82, 2.24) is 0 Å². The molecule has 0 saturated carbocycles. The van der Waals surface area contributed by atoms with Crippen LogP contribution in [0.25, 0.3) is 0 Å². The predicted octanol–water partition coefficient (Wildman–Crippen LogP) is 2.80. The van der Waals surface area contributed by atoms with Crippen molar-refractivity contribution < 1.29 is 9.84 Å². The Morgan fingerprint density at radius 2 is 2.17 bits per heavy atom. The number of benzene rings is 1. The first-order chi connectivity index (χ1) is 8.65. The van der Waals surface area contributed by atoms with E-state index in [9.17, 15) is 5.11 Å². The fraction of sp³-hybridized carbons (Fsp3) is 0.571. The average Bonchev–Trinajstić information content (AvgIpc) is 2.40. The molecule has 0 aliphatic heterocycles. The summed E-state index contributed by atoms with van der Waals surface area (Å²) in [7, 11) is 1.66. The summed E-state index contributed by atoms with van der Waals surface area (Å²) in [5.41, 5.74) is 6.74. The molecule has 0 fully saturated rings. The van der Waals surface area contributed by atoms with E-state index < -0.39 is 0 Å². The van der Waals surface area contributed by atoms with E-state index in [1.165, 1.54) is 0 Å². The lowest BCUT2D eigenvalue weighted by Gasteiger charge is -2.22. The zero-order chi connectivity index (χ0) is 13.5. The Bertz CT molecular complexity index is 367. The molecule has 1 aromatic rings. The number of aliphatic hydroxyl groups is 1. The molecular weight excluding hydrogens is 250 g/mol. The van der Waals surface area contributed by atoms with Crippen LogP contribution in [0, 0.1) is 5.92 Å². The van der Waals surface area contributed by atoms with E-state index in [1.54, 1.807) is 7.11 Å². The summed E-state index contributed by atoms with van der Waals surface area (Å²) in [6.45, 7) is 2.74. The summed E-state index contributed by atoms with van der Waals surface area (Å²) >= 11 is 6.05. The zero-order valence-electron chi connectivity index (χ0n) is 11.0. The van der Waals surface area contributed by atoms with Gasteiger partial charge in [-0.25, -0.2) is 0 Å². The largest absolute Gasteiger partial charge is 0.496 e. The van der Waals surface area contributed by atoms with E-state index in [2.05, 4.69) is 6.92 Å². The lowest BCUT2D eigenvalue weighted by molar-refractivity contribution is 0.214. The van der Waals surface area contributed by atoms with Gasteiger partial charge in [0.1, 0.15) is 5.75 Å². The monoisotopic (exact) mass is 271 g/mol. The van der Waals surface area contributed by atoms with Crippen LogP contribution in [0.3, 0.4) is 0 Å². The summed E-state index contributed by atoms with van der Waals surface area (Å²) in [6, 6.07) is 5.65. The van der Waals surface area contributed by atoms with E-state index in [1.807, 2.05) is 18.2 Å². The molecule has 102 valence electrons. The second kappa shape index (κ2) is 7.62. The molecule has 0 heterocycles. The molecule has 18 heavy (non-hydrogen) atoms.